The maximum absolute atomic E-state index is 11.8. The molecule has 0 spiro atoms. The SMILES string of the molecule is O=C(NCC1CCCC1CCl)c1ccnnc1. The Labute approximate surface area is 106 Å². The Morgan fingerprint density at radius 3 is 2.94 bits per heavy atom. The molecule has 4 nitrogen and oxygen atoms in total. The number of amides is 1. The Balaban J connectivity index is 1.84. The highest BCUT2D eigenvalue weighted by Crippen LogP contribution is 2.31. The molecule has 1 heterocycles. The van der Waals surface area contributed by atoms with Crippen LogP contribution in [0.1, 0.15) is 29.6 Å². The average Bonchev–Trinajstić information content (AvgIpc) is 2.84. The molecule has 0 aromatic carbocycles. The first-order chi connectivity index (χ1) is 8.31. The van der Waals surface area contributed by atoms with E-state index in [-0.39, 0.29) is 5.91 Å². The van der Waals surface area contributed by atoms with E-state index >= 15 is 0 Å². The molecular formula is C12H16ClN3O. The van der Waals surface area contributed by atoms with Gasteiger partial charge in [0.25, 0.3) is 5.91 Å². The smallest absolute Gasteiger partial charge is 0.252 e. The fourth-order valence-corrected chi connectivity index (χ4v) is 2.74. The van der Waals surface area contributed by atoms with Crippen molar-refractivity contribution < 1.29 is 4.79 Å². The molecule has 2 unspecified atom stereocenters. The van der Waals surface area contributed by atoms with Crippen LogP contribution >= 0.6 is 11.6 Å². The van der Waals surface area contributed by atoms with Crippen LogP contribution in [-0.4, -0.2) is 28.5 Å². The van der Waals surface area contributed by atoms with Gasteiger partial charge in [0, 0.05) is 12.4 Å². The number of hydrogen-bond acceptors (Lipinski definition) is 3. The van der Waals surface area contributed by atoms with Gasteiger partial charge in [-0.3, -0.25) is 4.79 Å². The summed E-state index contributed by atoms with van der Waals surface area (Å²) < 4.78 is 0. The summed E-state index contributed by atoms with van der Waals surface area (Å²) in [6.45, 7) is 0.707. The minimum absolute atomic E-state index is 0.0832. The molecular weight excluding hydrogens is 238 g/mol. The molecule has 0 saturated heterocycles. The van der Waals surface area contributed by atoms with Crippen molar-refractivity contribution in [1.82, 2.24) is 15.5 Å². The summed E-state index contributed by atoms with van der Waals surface area (Å²) in [7, 11) is 0. The summed E-state index contributed by atoms with van der Waals surface area (Å²) in [6.07, 6.45) is 6.55. The lowest BCUT2D eigenvalue weighted by Gasteiger charge is -2.17. The van der Waals surface area contributed by atoms with Crippen LogP contribution in [0.25, 0.3) is 0 Å². The zero-order valence-corrected chi connectivity index (χ0v) is 10.4. The Morgan fingerprint density at radius 2 is 2.24 bits per heavy atom. The van der Waals surface area contributed by atoms with Crippen molar-refractivity contribution in [3.05, 3.63) is 24.0 Å². The van der Waals surface area contributed by atoms with Gasteiger partial charge in [-0.2, -0.15) is 10.2 Å². The molecule has 5 heteroatoms. The molecule has 0 bridgehead atoms. The number of carbonyl (C=O) groups is 1. The summed E-state index contributed by atoms with van der Waals surface area (Å²) >= 11 is 5.90. The van der Waals surface area contributed by atoms with Gasteiger partial charge in [0.05, 0.1) is 18.0 Å². The van der Waals surface area contributed by atoms with E-state index in [2.05, 4.69) is 15.5 Å². The topological polar surface area (TPSA) is 54.9 Å². The second-order valence-corrected chi connectivity index (χ2v) is 4.76. The van der Waals surface area contributed by atoms with Gasteiger partial charge in [-0.05, 0) is 30.7 Å². The number of hydrogen-bond donors (Lipinski definition) is 1. The lowest BCUT2D eigenvalue weighted by atomic mass is 9.98. The van der Waals surface area contributed by atoms with Gasteiger partial charge in [0.1, 0.15) is 0 Å². The van der Waals surface area contributed by atoms with E-state index in [0.29, 0.717) is 29.8 Å². The molecule has 2 atom stereocenters. The van der Waals surface area contributed by atoms with Crippen molar-refractivity contribution in [2.24, 2.45) is 11.8 Å². The minimum Gasteiger partial charge on any atom is -0.352 e. The highest BCUT2D eigenvalue weighted by Gasteiger charge is 2.26. The standard InChI is InChI=1S/C12H16ClN3O/c13-6-9-2-1-3-10(9)7-14-12(17)11-4-5-15-16-8-11/h4-5,8-10H,1-3,6-7H2,(H,14,17). The minimum atomic E-state index is -0.0832. The molecule has 1 aromatic heterocycles. The molecule has 1 aliphatic rings. The van der Waals surface area contributed by atoms with Crippen LogP contribution in [0.5, 0.6) is 0 Å². The van der Waals surface area contributed by atoms with Crippen LogP contribution in [0, 0.1) is 11.8 Å². The Hall–Kier alpha value is -1.16. The highest BCUT2D eigenvalue weighted by atomic mass is 35.5. The monoisotopic (exact) mass is 253 g/mol. The van der Waals surface area contributed by atoms with Gasteiger partial charge < -0.3 is 5.32 Å². The van der Waals surface area contributed by atoms with E-state index in [4.69, 9.17) is 11.6 Å². The van der Waals surface area contributed by atoms with Crippen LogP contribution in [0.3, 0.4) is 0 Å². The summed E-state index contributed by atoms with van der Waals surface area (Å²) in [4.78, 5) is 11.8. The van der Waals surface area contributed by atoms with Crippen molar-refractivity contribution in [2.45, 2.75) is 19.3 Å². The largest absolute Gasteiger partial charge is 0.352 e. The molecule has 1 amide bonds. The molecule has 1 N–H and O–H groups in total. The number of alkyl halides is 1. The zero-order valence-electron chi connectivity index (χ0n) is 9.60. The quantitative estimate of drug-likeness (QED) is 0.834. The van der Waals surface area contributed by atoms with Gasteiger partial charge in [0.15, 0.2) is 0 Å². The van der Waals surface area contributed by atoms with Gasteiger partial charge >= 0.3 is 0 Å². The first-order valence-electron chi connectivity index (χ1n) is 5.92. The average molecular weight is 254 g/mol. The second kappa shape index (κ2) is 5.96. The van der Waals surface area contributed by atoms with Crippen molar-refractivity contribution in [1.29, 1.82) is 0 Å². The molecule has 1 fully saturated rings. The van der Waals surface area contributed by atoms with E-state index in [9.17, 15) is 4.79 Å². The third kappa shape index (κ3) is 3.16. The number of halogens is 1. The summed E-state index contributed by atoms with van der Waals surface area (Å²) in [6, 6.07) is 1.66. The predicted octanol–water partition coefficient (Wildman–Crippen LogP) is 1.86. The molecule has 1 aromatic rings. The van der Waals surface area contributed by atoms with Gasteiger partial charge in [-0.15, -0.1) is 11.6 Å². The Bertz CT molecular complexity index is 371. The van der Waals surface area contributed by atoms with Crippen molar-refractivity contribution in [3.63, 3.8) is 0 Å². The van der Waals surface area contributed by atoms with E-state index in [0.717, 1.165) is 6.42 Å². The van der Waals surface area contributed by atoms with E-state index in [1.807, 2.05) is 0 Å². The maximum atomic E-state index is 11.8. The van der Waals surface area contributed by atoms with Crippen LogP contribution < -0.4 is 5.32 Å². The van der Waals surface area contributed by atoms with E-state index in [1.54, 1.807) is 6.07 Å². The first kappa shape index (κ1) is 12.3. The zero-order chi connectivity index (χ0) is 12.1. The molecule has 0 radical (unpaired) electrons. The third-order valence-corrected chi connectivity index (χ3v) is 3.78. The number of carbonyl (C=O) groups excluding carboxylic acids is 1. The van der Waals surface area contributed by atoms with Crippen LogP contribution in [-0.2, 0) is 0 Å². The van der Waals surface area contributed by atoms with Gasteiger partial charge in [0.2, 0.25) is 0 Å². The van der Waals surface area contributed by atoms with Crippen LogP contribution in [0.15, 0.2) is 18.5 Å². The van der Waals surface area contributed by atoms with Crippen LogP contribution in [0.2, 0.25) is 0 Å². The van der Waals surface area contributed by atoms with Crippen molar-refractivity contribution in [3.8, 4) is 0 Å². The van der Waals surface area contributed by atoms with Gasteiger partial charge in [-0.25, -0.2) is 0 Å². The summed E-state index contributed by atoms with van der Waals surface area (Å²) in [5.41, 5.74) is 0.556. The van der Waals surface area contributed by atoms with Crippen molar-refractivity contribution >= 4 is 17.5 Å². The number of rotatable bonds is 4. The van der Waals surface area contributed by atoms with Gasteiger partial charge in [-0.1, -0.05) is 6.42 Å². The van der Waals surface area contributed by atoms with Crippen molar-refractivity contribution in [2.75, 3.05) is 12.4 Å². The number of nitrogens with zero attached hydrogens (tertiary/aromatic N) is 2. The highest BCUT2D eigenvalue weighted by molar-refractivity contribution is 6.18. The first-order valence-corrected chi connectivity index (χ1v) is 6.45. The third-order valence-electron chi connectivity index (χ3n) is 3.39. The van der Waals surface area contributed by atoms with E-state index in [1.165, 1.54) is 25.2 Å². The fourth-order valence-electron chi connectivity index (χ4n) is 2.34. The molecule has 1 aliphatic carbocycles. The normalized spacial score (nSPS) is 23.6. The molecule has 0 aliphatic heterocycles. The predicted molar refractivity (Wildman–Crippen MR) is 65.9 cm³/mol. The summed E-state index contributed by atoms with van der Waals surface area (Å²) in [5.74, 6) is 1.68. The molecule has 92 valence electrons. The van der Waals surface area contributed by atoms with E-state index < -0.39 is 0 Å². The second-order valence-electron chi connectivity index (χ2n) is 4.45. The molecule has 17 heavy (non-hydrogen) atoms. The number of aromatic nitrogens is 2. The Morgan fingerprint density at radius 1 is 1.41 bits per heavy atom. The fraction of sp³-hybridized carbons (Fsp3) is 0.583. The molecule has 1 saturated carbocycles. The lowest BCUT2D eigenvalue weighted by Crippen LogP contribution is -2.31. The maximum Gasteiger partial charge on any atom is 0.252 e. The molecule has 2 rings (SSSR count). The lowest BCUT2D eigenvalue weighted by molar-refractivity contribution is 0.0944. The number of nitrogens with one attached hydrogen (secondary N) is 1. The summed E-state index contributed by atoms with van der Waals surface area (Å²) in [5, 5.41) is 10.3. The van der Waals surface area contributed by atoms with Crippen LogP contribution in [0.4, 0.5) is 0 Å². The Kier molecular flexibility index (Phi) is 4.31.